The Morgan fingerprint density at radius 1 is 0.868 bits per heavy atom. The summed E-state index contributed by atoms with van der Waals surface area (Å²) in [5.41, 5.74) is 4.42. The van der Waals surface area contributed by atoms with Gasteiger partial charge in [-0.3, -0.25) is 4.79 Å². The van der Waals surface area contributed by atoms with Crippen molar-refractivity contribution in [2.45, 2.75) is 19.1 Å². The lowest BCUT2D eigenvalue weighted by atomic mass is 10.1. The van der Waals surface area contributed by atoms with Gasteiger partial charge in [0.25, 0.3) is 5.91 Å². The largest absolute Gasteiger partial charge is 0.489 e. The van der Waals surface area contributed by atoms with Gasteiger partial charge < -0.3 is 19.6 Å². The number of hydrogen-bond acceptors (Lipinski definition) is 4. The Bertz CT molecular complexity index is 1570. The first kappa shape index (κ1) is 25.0. The van der Waals surface area contributed by atoms with E-state index in [2.05, 4.69) is 10.3 Å². The molecule has 0 unspecified atom stereocenters. The summed E-state index contributed by atoms with van der Waals surface area (Å²) >= 11 is 5.98. The lowest BCUT2D eigenvalue weighted by molar-refractivity contribution is -0.139. The summed E-state index contributed by atoms with van der Waals surface area (Å²) in [4.78, 5) is 29.2. The standard InChI is InChI=1S/C30H24ClN3O4/c31-24-11-8-22(9-12-24)23-10-15-28-32-27(18-34(28)17-23)29(35)33-26(30(36)37)16-20-6-13-25(14-7-20)38-19-21-4-2-1-3-5-21/h1-15,17-18,26H,16,19H2,(H,33,35)(H,36,37)/t26-/m0/s1. The topological polar surface area (TPSA) is 92.9 Å². The number of carbonyl (C=O) groups excluding carboxylic acids is 1. The Morgan fingerprint density at radius 2 is 1.58 bits per heavy atom. The van der Waals surface area contributed by atoms with Gasteiger partial charge in [0, 0.05) is 23.8 Å². The molecule has 7 nitrogen and oxygen atoms in total. The van der Waals surface area contributed by atoms with Crippen LogP contribution in [0.25, 0.3) is 16.8 Å². The second kappa shape index (κ2) is 11.2. The van der Waals surface area contributed by atoms with Gasteiger partial charge in [0.15, 0.2) is 0 Å². The first-order valence-corrected chi connectivity index (χ1v) is 12.4. The third-order valence-electron chi connectivity index (χ3n) is 6.08. The normalized spacial score (nSPS) is 11.7. The maximum absolute atomic E-state index is 12.9. The number of benzene rings is 3. The predicted molar refractivity (Wildman–Crippen MR) is 145 cm³/mol. The molecule has 3 aromatic carbocycles. The number of imidazole rings is 1. The molecule has 0 aliphatic rings. The maximum atomic E-state index is 12.9. The van der Waals surface area contributed by atoms with E-state index in [0.29, 0.717) is 23.0 Å². The van der Waals surface area contributed by atoms with Gasteiger partial charge in [-0.05, 0) is 58.7 Å². The van der Waals surface area contributed by atoms with E-state index in [-0.39, 0.29) is 12.1 Å². The SMILES string of the molecule is O=C(N[C@@H](Cc1ccc(OCc2ccccc2)cc1)C(=O)O)c1cn2cc(-c3ccc(Cl)cc3)ccc2n1. The minimum atomic E-state index is -1.13. The highest BCUT2D eigenvalue weighted by atomic mass is 35.5. The second-order valence-electron chi connectivity index (χ2n) is 8.80. The smallest absolute Gasteiger partial charge is 0.326 e. The number of carboxylic acid groups (broad SMARTS) is 1. The minimum Gasteiger partial charge on any atom is -0.489 e. The average Bonchev–Trinajstić information content (AvgIpc) is 3.37. The Morgan fingerprint density at radius 3 is 2.29 bits per heavy atom. The number of halogens is 1. The van der Waals surface area contributed by atoms with Crippen molar-refractivity contribution in [2.75, 3.05) is 0 Å². The number of carboxylic acids is 1. The number of nitrogens with one attached hydrogen (secondary N) is 1. The fraction of sp³-hybridized carbons (Fsp3) is 0.100. The zero-order valence-corrected chi connectivity index (χ0v) is 21.0. The van der Waals surface area contributed by atoms with Crippen LogP contribution < -0.4 is 10.1 Å². The Labute approximate surface area is 224 Å². The van der Waals surface area contributed by atoms with E-state index >= 15 is 0 Å². The van der Waals surface area contributed by atoms with E-state index in [0.717, 1.165) is 22.3 Å². The van der Waals surface area contributed by atoms with E-state index in [1.165, 1.54) is 0 Å². The number of amides is 1. The maximum Gasteiger partial charge on any atom is 0.326 e. The van der Waals surface area contributed by atoms with Crippen LogP contribution in [0.4, 0.5) is 0 Å². The fourth-order valence-electron chi connectivity index (χ4n) is 4.04. The third-order valence-corrected chi connectivity index (χ3v) is 6.33. The molecule has 0 saturated heterocycles. The van der Waals surface area contributed by atoms with Gasteiger partial charge in [0.05, 0.1) is 0 Å². The van der Waals surface area contributed by atoms with Gasteiger partial charge in [-0.25, -0.2) is 9.78 Å². The van der Waals surface area contributed by atoms with Crippen LogP contribution in [0.3, 0.4) is 0 Å². The van der Waals surface area contributed by atoms with E-state index in [4.69, 9.17) is 16.3 Å². The lowest BCUT2D eigenvalue weighted by Gasteiger charge is -2.14. The van der Waals surface area contributed by atoms with E-state index in [9.17, 15) is 14.7 Å². The molecule has 190 valence electrons. The van der Waals surface area contributed by atoms with Gasteiger partial charge in [-0.15, -0.1) is 0 Å². The van der Waals surface area contributed by atoms with Crippen LogP contribution in [0, 0.1) is 0 Å². The molecule has 0 spiro atoms. The van der Waals surface area contributed by atoms with Crippen molar-refractivity contribution < 1.29 is 19.4 Å². The number of aliphatic carboxylic acids is 1. The van der Waals surface area contributed by atoms with Crippen LogP contribution in [0.5, 0.6) is 5.75 Å². The quantitative estimate of drug-likeness (QED) is 0.259. The summed E-state index contributed by atoms with van der Waals surface area (Å²) in [5.74, 6) is -1.01. The van der Waals surface area contributed by atoms with Gasteiger partial charge in [0.1, 0.15) is 29.7 Å². The number of pyridine rings is 1. The summed E-state index contributed by atoms with van der Waals surface area (Å²) < 4.78 is 7.53. The molecule has 2 aromatic heterocycles. The lowest BCUT2D eigenvalue weighted by Crippen LogP contribution is -2.42. The molecule has 2 N–H and O–H groups in total. The molecule has 0 radical (unpaired) electrons. The summed E-state index contributed by atoms with van der Waals surface area (Å²) in [6, 6.07) is 27.0. The molecule has 0 aliphatic heterocycles. The fourth-order valence-corrected chi connectivity index (χ4v) is 4.17. The highest BCUT2D eigenvalue weighted by molar-refractivity contribution is 6.30. The number of fused-ring (bicyclic) bond motifs is 1. The molecule has 5 rings (SSSR count). The summed E-state index contributed by atoms with van der Waals surface area (Å²) in [7, 11) is 0. The van der Waals surface area contributed by atoms with Crippen molar-refractivity contribution >= 4 is 29.1 Å². The third kappa shape index (κ3) is 6.02. The zero-order valence-electron chi connectivity index (χ0n) is 20.3. The Kier molecular flexibility index (Phi) is 7.38. The molecule has 0 bridgehead atoms. The van der Waals surface area contributed by atoms with Crippen molar-refractivity contribution in [2.24, 2.45) is 0 Å². The first-order chi connectivity index (χ1) is 18.4. The number of hydrogen-bond donors (Lipinski definition) is 2. The van der Waals surface area contributed by atoms with Crippen molar-refractivity contribution in [3.8, 4) is 16.9 Å². The number of rotatable bonds is 9. The van der Waals surface area contributed by atoms with Crippen molar-refractivity contribution in [1.29, 1.82) is 0 Å². The monoisotopic (exact) mass is 525 g/mol. The second-order valence-corrected chi connectivity index (χ2v) is 9.24. The van der Waals surface area contributed by atoms with Gasteiger partial charge in [-0.2, -0.15) is 0 Å². The number of aromatic nitrogens is 2. The molecule has 1 amide bonds. The van der Waals surface area contributed by atoms with Crippen LogP contribution in [0.2, 0.25) is 5.02 Å². The average molecular weight is 526 g/mol. The molecular weight excluding hydrogens is 502 g/mol. The van der Waals surface area contributed by atoms with Crippen LogP contribution in [-0.4, -0.2) is 32.4 Å². The number of ether oxygens (including phenoxy) is 1. The number of carbonyl (C=O) groups is 2. The molecule has 0 fully saturated rings. The molecule has 38 heavy (non-hydrogen) atoms. The molecule has 0 aliphatic carbocycles. The predicted octanol–water partition coefficient (Wildman–Crippen LogP) is 5.66. The van der Waals surface area contributed by atoms with Crippen LogP contribution in [0.1, 0.15) is 21.6 Å². The summed E-state index contributed by atoms with van der Waals surface area (Å²) in [6.45, 7) is 0.439. The highest BCUT2D eigenvalue weighted by Gasteiger charge is 2.23. The van der Waals surface area contributed by atoms with Crippen molar-refractivity contribution in [1.82, 2.24) is 14.7 Å². The van der Waals surface area contributed by atoms with Gasteiger partial charge in [-0.1, -0.05) is 66.2 Å². The molecule has 0 saturated carbocycles. The van der Waals surface area contributed by atoms with E-state index in [1.807, 2.05) is 66.9 Å². The highest BCUT2D eigenvalue weighted by Crippen LogP contribution is 2.22. The summed E-state index contributed by atoms with van der Waals surface area (Å²) in [5, 5.41) is 13.0. The van der Waals surface area contributed by atoms with E-state index < -0.39 is 17.9 Å². The van der Waals surface area contributed by atoms with Crippen molar-refractivity contribution in [3.63, 3.8) is 0 Å². The Hall–Kier alpha value is -4.62. The molecular formula is C30H24ClN3O4. The summed E-state index contributed by atoms with van der Waals surface area (Å²) in [6.07, 6.45) is 3.56. The van der Waals surface area contributed by atoms with Gasteiger partial charge in [0.2, 0.25) is 0 Å². The Balaban J connectivity index is 1.24. The molecule has 5 aromatic rings. The van der Waals surface area contributed by atoms with Crippen LogP contribution in [-0.2, 0) is 17.8 Å². The molecule has 8 heteroatoms. The van der Waals surface area contributed by atoms with E-state index in [1.54, 1.807) is 40.9 Å². The first-order valence-electron chi connectivity index (χ1n) is 12.0. The van der Waals surface area contributed by atoms with Crippen molar-refractivity contribution in [3.05, 3.63) is 125 Å². The molecule has 2 heterocycles. The van der Waals surface area contributed by atoms with Gasteiger partial charge >= 0.3 is 5.97 Å². The molecule has 1 atom stereocenters. The zero-order chi connectivity index (χ0) is 26.5. The minimum absolute atomic E-state index is 0.119. The van der Waals surface area contributed by atoms with Crippen LogP contribution in [0.15, 0.2) is 103 Å². The number of nitrogens with zero attached hydrogens (tertiary/aromatic N) is 2. The van der Waals surface area contributed by atoms with Crippen LogP contribution >= 0.6 is 11.6 Å².